The third-order valence-electron chi connectivity index (χ3n) is 3.18. The molecule has 5 nitrogen and oxygen atoms in total. The molecule has 1 heterocycles. The summed E-state index contributed by atoms with van der Waals surface area (Å²) < 4.78 is 27.3. The third kappa shape index (κ3) is 4.67. The summed E-state index contributed by atoms with van der Waals surface area (Å²) in [6, 6.07) is 9.58. The van der Waals surface area contributed by atoms with E-state index in [9.17, 15) is 13.2 Å². The van der Waals surface area contributed by atoms with Gasteiger partial charge in [-0.25, -0.2) is 13.1 Å². The second kappa shape index (κ2) is 7.94. The Morgan fingerprint density at radius 2 is 2.12 bits per heavy atom. The number of amides is 1. The molecule has 0 saturated heterocycles. The van der Waals surface area contributed by atoms with Crippen molar-refractivity contribution in [3.8, 4) is 0 Å². The Labute approximate surface area is 150 Å². The van der Waals surface area contributed by atoms with E-state index in [1.54, 1.807) is 25.2 Å². The molecule has 0 aliphatic heterocycles. The summed E-state index contributed by atoms with van der Waals surface area (Å²) >= 11 is 7.29. The van der Waals surface area contributed by atoms with Gasteiger partial charge >= 0.3 is 0 Å². The van der Waals surface area contributed by atoms with Gasteiger partial charge in [0.05, 0.1) is 15.8 Å². The predicted octanol–water partition coefficient (Wildman–Crippen LogP) is 3.14. The van der Waals surface area contributed by atoms with E-state index in [2.05, 4.69) is 11.3 Å². The van der Waals surface area contributed by atoms with Gasteiger partial charge in [-0.3, -0.25) is 4.79 Å². The monoisotopic (exact) mass is 384 g/mol. The maximum atomic E-state index is 12.5. The van der Waals surface area contributed by atoms with Gasteiger partial charge in [-0.15, -0.1) is 17.9 Å². The number of hydrogen-bond acceptors (Lipinski definition) is 4. The largest absolute Gasteiger partial charge is 0.337 e. The van der Waals surface area contributed by atoms with E-state index in [0.717, 1.165) is 4.88 Å². The van der Waals surface area contributed by atoms with E-state index < -0.39 is 10.0 Å². The lowest BCUT2D eigenvalue weighted by Gasteiger charge is -2.16. The molecule has 0 aliphatic carbocycles. The average molecular weight is 385 g/mol. The quantitative estimate of drug-likeness (QED) is 0.746. The van der Waals surface area contributed by atoms with Crippen LogP contribution in [0.25, 0.3) is 0 Å². The molecule has 128 valence electrons. The maximum absolute atomic E-state index is 12.5. The van der Waals surface area contributed by atoms with Gasteiger partial charge < -0.3 is 4.90 Å². The van der Waals surface area contributed by atoms with Crippen LogP contribution in [0.2, 0.25) is 4.34 Å². The number of hydrogen-bond donors (Lipinski definition) is 1. The highest BCUT2D eigenvalue weighted by Gasteiger charge is 2.18. The summed E-state index contributed by atoms with van der Waals surface area (Å²) in [5, 5.41) is 0. The molecule has 0 bridgehead atoms. The van der Waals surface area contributed by atoms with Gasteiger partial charge in [0.2, 0.25) is 10.0 Å². The number of nitrogens with one attached hydrogen (secondary N) is 1. The lowest BCUT2D eigenvalue weighted by molar-refractivity contribution is 0.0786. The van der Waals surface area contributed by atoms with Gasteiger partial charge in [0.25, 0.3) is 5.91 Å². The van der Waals surface area contributed by atoms with Crippen LogP contribution in [0.5, 0.6) is 0 Å². The van der Waals surface area contributed by atoms with E-state index in [0.29, 0.717) is 16.4 Å². The SMILES string of the molecule is C=CCNS(=O)(=O)c1cccc(C(=O)N(C)Cc2ccc(Cl)s2)c1. The van der Waals surface area contributed by atoms with Crippen LogP contribution in [0, 0.1) is 0 Å². The van der Waals surface area contributed by atoms with E-state index in [1.165, 1.54) is 34.4 Å². The van der Waals surface area contributed by atoms with E-state index in [1.807, 2.05) is 6.07 Å². The van der Waals surface area contributed by atoms with Crippen LogP contribution < -0.4 is 4.72 Å². The van der Waals surface area contributed by atoms with Crippen molar-refractivity contribution in [2.75, 3.05) is 13.6 Å². The summed E-state index contributed by atoms with van der Waals surface area (Å²) in [7, 11) is -2.01. The standard InChI is InChI=1S/C16H17ClN2O3S2/c1-3-9-18-24(21,22)14-6-4-5-12(10-14)16(20)19(2)11-13-7-8-15(17)23-13/h3-8,10,18H,1,9,11H2,2H3. The highest BCUT2D eigenvalue weighted by Crippen LogP contribution is 2.23. The predicted molar refractivity (Wildman–Crippen MR) is 97.0 cm³/mol. The molecule has 0 unspecified atom stereocenters. The number of rotatable bonds is 7. The van der Waals surface area contributed by atoms with Crippen LogP contribution in [-0.2, 0) is 16.6 Å². The van der Waals surface area contributed by atoms with Gasteiger partial charge in [-0.1, -0.05) is 23.7 Å². The fraction of sp³-hybridized carbons (Fsp3) is 0.188. The molecule has 0 saturated carbocycles. The minimum Gasteiger partial charge on any atom is -0.337 e. The van der Waals surface area contributed by atoms with Crippen molar-refractivity contribution in [2.45, 2.75) is 11.4 Å². The molecule has 0 spiro atoms. The van der Waals surface area contributed by atoms with Crippen LogP contribution >= 0.6 is 22.9 Å². The van der Waals surface area contributed by atoms with Gasteiger partial charge in [-0.05, 0) is 30.3 Å². The van der Waals surface area contributed by atoms with Gasteiger partial charge in [0.15, 0.2) is 0 Å². The Kier molecular flexibility index (Phi) is 6.17. The molecule has 0 fully saturated rings. The summed E-state index contributed by atoms with van der Waals surface area (Å²) in [5.74, 6) is -0.264. The fourth-order valence-electron chi connectivity index (χ4n) is 2.01. The minimum absolute atomic E-state index is 0.0442. The molecule has 0 aliphatic rings. The Bertz CT molecular complexity index is 847. The van der Waals surface area contributed by atoms with Gasteiger partial charge in [0, 0.05) is 24.0 Å². The number of benzene rings is 1. The lowest BCUT2D eigenvalue weighted by Crippen LogP contribution is -2.27. The first kappa shape index (κ1) is 18.7. The molecular weight excluding hydrogens is 368 g/mol. The lowest BCUT2D eigenvalue weighted by atomic mass is 10.2. The number of halogens is 1. The molecule has 24 heavy (non-hydrogen) atoms. The average Bonchev–Trinajstić information content (AvgIpc) is 2.97. The molecule has 0 atom stereocenters. The van der Waals surface area contributed by atoms with Crippen molar-refractivity contribution < 1.29 is 13.2 Å². The highest BCUT2D eigenvalue weighted by molar-refractivity contribution is 7.89. The fourth-order valence-corrected chi connectivity index (χ4v) is 4.20. The molecule has 8 heteroatoms. The minimum atomic E-state index is -3.67. The number of sulfonamides is 1. The number of nitrogens with zero attached hydrogens (tertiary/aromatic N) is 1. The maximum Gasteiger partial charge on any atom is 0.253 e. The Morgan fingerprint density at radius 3 is 2.75 bits per heavy atom. The van der Waals surface area contributed by atoms with Crippen LogP contribution in [0.15, 0.2) is 53.9 Å². The second-order valence-electron chi connectivity index (χ2n) is 5.04. The zero-order valence-corrected chi connectivity index (χ0v) is 15.4. The molecular formula is C16H17ClN2O3S2. The Morgan fingerprint density at radius 1 is 1.38 bits per heavy atom. The topological polar surface area (TPSA) is 66.5 Å². The molecule has 2 rings (SSSR count). The first-order valence-corrected chi connectivity index (χ1v) is 9.71. The Hall–Kier alpha value is -1.67. The van der Waals surface area contributed by atoms with Crippen molar-refractivity contribution in [3.63, 3.8) is 0 Å². The molecule has 0 radical (unpaired) electrons. The first-order chi connectivity index (χ1) is 11.3. The molecule has 2 aromatic rings. The van der Waals surface area contributed by atoms with Gasteiger partial charge in [-0.2, -0.15) is 0 Å². The van der Waals surface area contributed by atoms with E-state index >= 15 is 0 Å². The molecule has 1 aromatic heterocycles. The van der Waals surface area contributed by atoms with E-state index in [-0.39, 0.29) is 17.3 Å². The molecule has 1 N–H and O–H groups in total. The summed E-state index contributed by atoms with van der Waals surface area (Å²) in [4.78, 5) is 15.0. The number of carbonyl (C=O) groups is 1. The highest BCUT2D eigenvalue weighted by atomic mass is 35.5. The zero-order chi connectivity index (χ0) is 17.7. The van der Waals surface area contributed by atoms with Crippen molar-refractivity contribution in [2.24, 2.45) is 0 Å². The van der Waals surface area contributed by atoms with Crippen LogP contribution in [0.1, 0.15) is 15.2 Å². The normalized spacial score (nSPS) is 11.2. The first-order valence-electron chi connectivity index (χ1n) is 7.04. The molecule has 1 amide bonds. The second-order valence-corrected chi connectivity index (χ2v) is 8.60. The summed E-state index contributed by atoms with van der Waals surface area (Å²) in [6.07, 6.45) is 1.45. The number of thiophene rings is 1. The number of carbonyl (C=O) groups excluding carboxylic acids is 1. The van der Waals surface area contributed by atoms with Crippen molar-refractivity contribution >= 4 is 38.9 Å². The van der Waals surface area contributed by atoms with Crippen LogP contribution in [0.3, 0.4) is 0 Å². The summed E-state index contributed by atoms with van der Waals surface area (Å²) in [6.45, 7) is 4.00. The molecule has 1 aromatic carbocycles. The zero-order valence-electron chi connectivity index (χ0n) is 13.0. The van der Waals surface area contributed by atoms with Crippen molar-refractivity contribution in [1.29, 1.82) is 0 Å². The smallest absolute Gasteiger partial charge is 0.253 e. The van der Waals surface area contributed by atoms with Gasteiger partial charge in [0.1, 0.15) is 0 Å². The van der Waals surface area contributed by atoms with Crippen LogP contribution in [-0.4, -0.2) is 32.8 Å². The Balaban J connectivity index is 2.17. The summed E-state index contributed by atoms with van der Waals surface area (Å²) in [5.41, 5.74) is 0.307. The third-order valence-corrected chi connectivity index (χ3v) is 5.81. The van der Waals surface area contributed by atoms with Crippen molar-refractivity contribution in [1.82, 2.24) is 9.62 Å². The van der Waals surface area contributed by atoms with Crippen LogP contribution in [0.4, 0.5) is 0 Å². The van der Waals surface area contributed by atoms with Crippen molar-refractivity contribution in [3.05, 3.63) is 63.8 Å². The van der Waals surface area contributed by atoms with E-state index in [4.69, 9.17) is 11.6 Å².